The van der Waals surface area contributed by atoms with Gasteiger partial charge in [0, 0.05) is 25.7 Å². The largest absolute Gasteiger partial charge is 0.478 e. The number of hydrogen-bond acceptors (Lipinski definition) is 5. The summed E-state index contributed by atoms with van der Waals surface area (Å²) in [6.45, 7) is 0.537. The molecule has 0 bridgehead atoms. The summed E-state index contributed by atoms with van der Waals surface area (Å²) in [5.41, 5.74) is -0.290. The molecule has 1 aromatic rings. The van der Waals surface area contributed by atoms with E-state index in [2.05, 4.69) is 0 Å². The number of benzene rings is 1. The number of hydrogen-bond donors (Lipinski definition) is 2. The smallest absolute Gasteiger partial charge is 0.338 e. The van der Waals surface area contributed by atoms with Crippen LogP contribution >= 0.6 is 11.6 Å². The van der Waals surface area contributed by atoms with E-state index in [0.29, 0.717) is 19.4 Å². The molecule has 0 unspecified atom stereocenters. The van der Waals surface area contributed by atoms with Gasteiger partial charge in [0.1, 0.15) is 0 Å². The van der Waals surface area contributed by atoms with E-state index in [1.165, 1.54) is 0 Å². The summed E-state index contributed by atoms with van der Waals surface area (Å²) in [6.07, 6.45) is 1.03. The minimum atomic E-state index is -1.27. The van der Waals surface area contributed by atoms with Gasteiger partial charge in [-0.1, -0.05) is 11.6 Å². The molecule has 0 radical (unpaired) electrons. The number of nitrogens with zero attached hydrogens (tertiary/aromatic N) is 2. The Hall–Kier alpha value is -1.86. The van der Waals surface area contributed by atoms with E-state index in [4.69, 9.17) is 11.6 Å². The number of aliphatic hydroxyl groups is 1. The van der Waals surface area contributed by atoms with Crippen LogP contribution in [0.5, 0.6) is 0 Å². The monoisotopic (exact) mass is 314 g/mol. The SMILES string of the molecule is CN(CC1CC(O)C1)c1c(Cl)cc([N+](=O)[O-])cc1C(=O)O. The van der Waals surface area contributed by atoms with Crippen LogP contribution in [0.4, 0.5) is 11.4 Å². The highest BCUT2D eigenvalue weighted by Crippen LogP contribution is 2.36. The van der Waals surface area contributed by atoms with Gasteiger partial charge in [0.25, 0.3) is 5.69 Å². The molecule has 114 valence electrons. The Morgan fingerprint density at radius 2 is 2.14 bits per heavy atom. The number of non-ortho nitro benzene ring substituents is 1. The fourth-order valence-corrected chi connectivity index (χ4v) is 2.93. The number of halogens is 1. The van der Waals surface area contributed by atoms with E-state index in [-0.39, 0.29) is 34.0 Å². The van der Waals surface area contributed by atoms with Gasteiger partial charge in [-0.05, 0) is 18.8 Å². The van der Waals surface area contributed by atoms with Gasteiger partial charge in [-0.3, -0.25) is 10.1 Å². The van der Waals surface area contributed by atoms with Crippen LogP contribution in [0.2, 0.25) is 5.02 Å². The van der Waals surface area contributed by atoms with E-state index in [1.807, 2.05) is 0 Å². The van der Waals surface area contributed by atoms with E-state index < -0.39 is 10.9 Å². The van der Waals surface area contributed by atoms with Crippen LogP contribution in [0.1, 0.15) is 23.2 Å². The van der Waals surface area contributed by atoms with E-state index in [1.54, 1.807) is 11.9 Å². The fraction of sp³-hybridized carbons (Fsp3) is 0.462. The molecule has 0 aliphatic heterocycles. The first-order valence-electron chi connectivity index (χ1n) is 6.40. The summed E-state index contributed by atoms with van der Waals surface area (Å²) in [7, 11) is 1.68. The van der Waals surface area contributed by atoms with Crippen molar-refractivity contribution in [2.75, 3.05) is 18.5 Å². The normalized spacial score (nSPS) is 20.7. The van der Waals surface area contributed by atoms with Gasteiger partial charge in [0.2, 0.25) is 0 Å². The minimum absolute atomic E-state index is 0.0315. The number of anilines is 1. The van der Waals surface area contributed by atoms with Crippen molar-refractivity contribution in [3.63, 3.8) is 0 Å². The van der Waals surface area contributed by atoms with Gasteiger partial charge in [-0.15, -0.1) is 0 Å². The van der Waals surface area contributed by atoms with E-state index >= 15 is 0 Å². The molecule has 2 rings (SSSR count). The number of carbonyl (C=O) groups is 1. The maximum Gasteiger partial charge on any atom is 0.338 e. The van der Waals surface area contributed by atoms with Gasteiger partial charge in [-0.2, -0.15) is 0 Å². The Kier molecular flexibility index (Phi) is 4.34. The van der Waals surface area contributed by atoms with Crippen LogP contribution in [0.25, 0.3) is 0 Å². The highest BCUT2D eigenvalue weighted by Gasteiger charge is 2.30. The third-order valence-corrected chi connectivity index (χ3v) is 3.90. The van der Waals surface area contributed by atoms with Crippen molar-refractivity contribution in [2.45, 2.75) is 18.9 Å². The summed E-state index contributed by atoms with van der Waals surface area (Å²) in [6, 6.07) is 2.16. The molecule has 7 nitrogen and oxygen atoms in total. The van der Waals surface area contributed by atoms with Gasteiger partial charge in [0.15, 0.2) is 0 Å². The van der Waals surface area contributed by atoms with E-state index in [9.17, 15) is 25.1 Å². The molecule has 1 saturated carbocycles. The van der Waals surface area contributed by atoms with Crippen LogP contribution in [0.3, 0.4) is 0 Å². The molecule has 0 atom stereocenters. The average molecular weight is 315 g/mol. The van der Waals surface area contributed by atoms with Crippen molar-refractivity contribution in [2.24, 2.45) is 5.92 Å². The standard InChI is InChI=1S/C13H15ClN2O5/c1-15(6-7-2-9(17)3-7)12-10(13(18)19)4-8(16(20)21)5-11(12)14/h4-5,7,9,17H,2-3,6H2,1H3,(H,18,19). The van der Waals surface area contributed by atoms with Gasteiger partial charge >= 0.3 is 5.97 Å². The molecule has 0 heterocycles. The highest BCUT2D eigenvalue weighted by atomic mass is 35.5. The number of aliphatic hydroxyl groups excluding tert-OH is 1. The molecule has 8 heteroatoms. The topological polar surface area (TPSA) is 104 Å². The molecule has 0 spiro atoms. The van der Waals surface area contributed by atoms with Gasteiger partial charge < -0.3 is 15.1 Å². The zero-order valence-electron chi connectivity index (χ0n) is 11.3. The predicted octanol–water partition coefficient (Wildman–Crippen LogP) is 2.15. The number of aromatic carboxylic acids is 1. The first-order chi connectivity index (χ1) is 9.79. The maximum absolute atomic E-state index is 11.3. The van der Waals surface area contributed by atoms with Crippen LogP contribution < -0.4 is 4.90 Å². The molecule has 0 aromatic heterocycles. The number of nitro benzene ring substituents is 1. The van der Waals surface area contributed by atoms with E-state index in [0.717, 1.165) is 12.1 Å². The molecule has 1 fully saturated rings. The summed E-state index contributed by atoms with van der Waals surface area (Å²) in [5, 5.41) is 29.4. The molecule has 1 aromatic carbocycles. The molecular formula is C13H15ClN2O5. The molecule has 21 heavy (non-hydrogen) atoms. The second-order valence-corrected chi connectivity index (χ2v) is 5.66. The number of nitro groups is 1. The van der Waals surface area contributed by atoms with Crippen LogP contribution in [-0.4, -0.2) is 40.8 Å². The third-order valence-electron chi connectivity index (χ3n) is 3.61. The maximum atomic E-state index is 11.3. The van der Waals surface area contributed by atoms with Crippen molar-refractivity contribution in [3.8, 4) is 0 Å². The first kappa shape index (κ1) is 15.5. The fourth-order valence-electron chi connectivity index (χ4n) is 2.57. The average Bonchev–Trinajstić information content (AvgIpc) is 2.35. The zero-order valence-corrected chi connectivity index (χ0v) is 12.1. The third kappa shape index (κ3) is 3.25. The summed E-state index contributed by atoms with van der Waals surface area (Å²) in [4.78, 5) is 23.1. The minimum Gasteiger partial charge on any atom is -0.478 e. The summed E-state index contributed by atoms with van der Waals surface area (Å²) >= 11 is 6.03. The van der Waals surface area contributed by atoms with Crippen molar-refractivity contribution < 1.29 is 19.9 Å². The lowest BCUT2D eigenvalue weighted by molar-refractivity contribution is -0.384. The zero-order chi connectivity index (χ0) is 15.7. The number of rotatable bonds is 5. The second kappa shape index (κ2) is 5.87. The molecule has 1 aliphatic rings. The quantitative estimate of drug-likeness (QED) is 0.637. The second-order valence-electron chi connectivity index (χ2n) is 5.26. The molecular weight excluding hydrogens is 300 g/mol. The lowest BCUT2D eigenvalue weighted by Gasteiger charge is -2.35. The Labute approximate surface area is 125 Å². The Morgan fingerprint density at radius 3 is 2.62 bits per heavy atom. The van der Waals surface area contributed by atoms with Crippen LogP contribution in [0, 0.1) is 16.0 Å². The lowest BCUT2D eigenvalue weighted by Crippen LogP contribution is -2.37. The Morgan fingerprint density at radius 1 is 1.52 bits per heavy atom. The van der Waals surface area contributed by atoms with Crippen molar-refractivity contribution in [1.82, 2.24) is 0 Å². The lowest BCUT2D eigenvalue weighted by atomic mass is 9.82. The molecule has 0 saturated heterocycles. The van der Waals surface area contributed by atoms with Gasteiger partial charge in [0.05, 0.1) is 27.3 Å². The van der Waals surface area contributed by atoms with Crippen molar-refractivity contribution in [3.05, 3.63) is 32.8 Å². The first-order valence-corrected chi connectivity index (χ1v) is 6.77. The Bertz CT molecular complexity index is 586. The number of carboxylic acid groups (broad SMARTS) is 1. The molecule has 1 aliphatic carbocycles. The van der Waals surface area contributed by atoms with Crippen LogP contribution in [-0.2, 0) is 0 Å². The highest BCUT2D eigenvalue weighted by molar-refractivity contribution is 6.34. The molecule has 2 N–H and O–H groups in total. The number of carboxylic acids is 1. The summed E-state index contributed by atoms with van der Waals surface area (Å²) in [5.74, 6) is -1.01. The molecule has 0 amide bonds. The Balaban J connectivity index is 2.32. The predicted molar refractivity (Wildman–Crippen MR) is 77.1 cm³/mol. The van der Waals surface area contributed by atoms with Crippen LogP contribution in [0.15, 0.2) is 12.1 Å². The summed E-state index contributed by atoms with van der Waals surface area (Å²) < 4.78 is 0. The van der Waals surface area contributed by atoms with Crippen molar-refractivity contribution in [1.29, 1.82) is 0 Å². The van der Waals surface area contributed by atoms with Gasteiger partial charge in [-0.25, -0.2) is 4.79 Å². The van der Waals surface area contributed by atoms with Crippen molar-refractivity contribution >= 4 is 28.9 Å².